The van der Waals surface area contributed by atoms with Gasteiger partial charge in [0.15, 0.2) is 5.78 Å². The van der Waals surface area contributed by atoms with E-state index in [-0.39, 0.29) is 5.78 Å². The number of ketones is 1. The first kappa shape index (κ1) is 12.3. The van der Waals surface area contributed by atoms with Gasteiger partial charge < -0.3 is 10.5 Å². The molecule has 17 heavy (non-hydrogen) atoms. The normalized spacial score (nSPS) is 19.2. The zero-order chi connectivity index (χ0) is 12.4. The van der Waals surface area contributed by atoms with Crippen molar-refractivity contribution in [3.05, 3.63) is 17.5 Å². The zero-order valence-corrected chi connectivity index (χ0v) is 10.3. The van der Waals surface area contributed by atoms with E-state index in [9.17, 15) is 4.79 Å². The molecule has 1 aromatic heterocycles. The van der Waals surface area contributed by atoms with Gasteiger partial charge in [0.25, 0.3) is 0 Å². The SMILES string of the molecule is CC(N)C(=O)c1cn(C)nc1C1CCOCC1. The summed E-state index contributed by atoms with van der Waals surface area (Å²) >= 11 is 0. The van der Waals surface area contributed by atoms with Crippen LogP contribution in [-0.4, -0.2) is 34.8 Å². The zero-order valence-electron chi connectivity index (χ0n) is 10.3. The Hall–Kier alpha value is -1.20. The molecule has 2 rings (SSSR count). The second-order valence-electron chi connectivity index (χ2n) is 4.64. The quantitative estimate of drug-likeness (QED) is 0.791. The molecule has 1 aliphatic rings. The van der Waals surface area contributed by atoms with E-state index in [1.807, 2.05) is 7.05 Å². The molecule has 1 aliphatic heterocycles. The van der Waals surface area contributed by atoms with Crippen LogP contribution in [0.25, 0.3) is 0 Å². The number of nitrogens with zero attached hydrogens (tertiary/aromatic N) is 2. The van der Waals surface area contributed by atoms with Gasteiger partial charge in [0, 0.05) is 32.4 Å². The molecule has 0 spiro atoms. The van der Waals surface area contributed by atoms with E-state index in [4.69, 9.17) is 10.5 Å². The summed E-state index contributed by atoms with van der Waals surface area (Å²) in [5, 5.41) is 4.42. The van der Waals surface area contributed by atoms with Crippen molar-refractivity contribution in [2.75, 3.05) is 13.2 Å². The topological polar surface area (TPSA) is 70.1 Å². The molecule has 1 aromatic rings. The van der Waals surface area contributed by atoms with Crippen LogP contribution in [0, 0.1) is 0 Å². The molecule has 0 amide bonds. The van der Waals surface area contributed by atoms with Crippen LogP contribution in [0.5, 0.6) is 0 Å². The molecule has 0 aliphatic carbocycles. The molecule has 5 heteroatoms. The first-order valence-electron chi connectivity index (χ1n) is 6.00. The lowest BCUT2D eigenvalue weighted by atomic mass is 9.92. The highest BCUT2D eigenvalue weighted by Crippen LogP contribution is 2.28. The lowest BCUT2D eigenvalue weighted by molar-refractivity contribution is 0.0834. The maximum absolute atomic E-state index is 12.0. The van der Waals surface area contributed by atoms with E-state index >= 15 is 0 Å². The van der Waals surface area contributed by atoms with Gasteiger partial charge in [-0.25, -0.2) is 0 Å². The van der Waals surface area contributed by atoms with E-state index < -0.39 is 6.04 Å². The fraction of sp³-hybridized carbons (Fsp3) is 0.667. The molecular weight excluding hydrogens is 218 g/mol. The Kier molecular flexibility index (Phi) is 3.59. The fourth-order valence-electron chi connectivity index (χ4n) is 2.21. The number of aryl methyl sites for hydroxylation is 1. The summed E-state index contributed by atoms with van der Waals surface area (Å²) < 4.78 is 7.03. The minimum atomic E-state index is -0.474. The number of rotatable bonds is 3. The Morgan fingerprint density at radius 3 is 2.82 bits per heavy atom. The maximum Gasteiger partial charge on any atom is 0.182 e. The van der Waals surface area contributed by atoms with Crippen LogP contribution in [-0.2, 0) is 11.8 Å². The Bertz CT molecular complexity index is 406. The van der Waals surface area contributed by atoms with Gasteiger partial charge in [0.05, 0.1) is 17.3 Å². The number of aromatic nitrogens is 2. The van der Waals surface area contributed by atoms with Gasteiger partial charge in [0.1, 0.15) is 0 Å². The number of ether oxygens (including phenoxy) is 1. The van der Waals surface area contributed by atoms with Crippen LogP contribution in [0.2, 0.25) is 0 Å². The van der Waals surface area contributed by atoms with E-state index in [0.717, 1.165) is 31.7 Å². The Morgan fingerprint density at radius 1 is 1.59 bits per heavy atom. The van der Waals surface area contributed by atoms with Crippen molar-refractivity contribution in [3.8, 4) is 0 Å². The summed E-state index contributed by atoms with van der Waals surface area (Å²) in [5.74, 6) is 0.294. The summed E-state index contributed by atoms with van der Waals surface area (Å²) in [6.07, 6.45) is 3.63. The highest BCUT2D eigenvalue weighted by molar-refractivity contribution is 6.00. The van der Waals surface area contributed by atoms with Gasteiger partial charge in [-0.15, -0.1) is 0 Å². The predicted octanol–water partition coefficient (Wildman–Crippen LogP) is 0.844. The molecule has 2 heterocycles. The number of carbonyl (C=O) groups excluding carboxylic acids is 1. The van der Waals surface area contributed by atoms with Crippen molar-refractivity contribution in [2.24, 2.45) is 12.8 Å². The summed E-state index contributed by atoms with van der Waals surface area (Å²) in [6.45, 7) is 3.20. The highest BCUT2D eigenvalue weighted by atomic mass is 16.5. The number of hydrogen-bond acceptors (Lipinski definition) is 4. The third-order valence-corrected chi connectivity index (χ3v) is 3.14. The van der Waals surface area contributed by atoms with Gasteiger partial charge in [0.2, 0.25) is 0 Å². The lowest BCUT2D eigenvalue weighted by Crippen LogP contribution is -2.28. The molecule has 1 saturated heterocycles. The second kappa shape index (κ2) is 4.98. The average Bonchev–Trinajstić information content (AvgIpc) is 2.71. The largest absolute Gasteiger partial charge is 0.381 e. The van der Waals surface area contributed by atoms with Gasteiger partial charge >= 0.3 is 0 Å². The van der Waals surface area contributed by atoms with Crippen LogP contribution in [0.15, 0.2) is 6.20 Å². The standard InChI is InChI=1S/C12H19N3O2/c1-8(13)12(16)10-7-15(2)14-11(10)9-3-5-17-6-4-9/h7-9H,3-6,13H2,1-2H3. The summed E-state index contributed by atoms with van der Waals surface area (Å²) in [7, 11) is 1.83. The molecule has 0 radical (unpaired) electrons. The third-order valence-electron chi connectivity index (χ3n) is 3.14. The maximum atomic E-state index is 12.0. The van der Waals surface area contributed by atoms with E-state index in [2.05, 4.69) is 5.10 Å². The monoisotopic (exact) mass is 237 g/mol. The van der Waals surface area contributed by atoms with E-state index in [1.54, 1.807) is 17.8 Å². The molecule has 94 valence electrons. The predicted molar refractivity (Wildman–Crippen MR) is 64.0 cm³/mol. The second-order valence-corrected chi connectivity index (χ2v) is 4.64. The van der Waals surface area contributed by atoms with Crippen molar-refractivity contribution in [1.29, 1.82) is 0 Å². The molecule has 0 bridgehead atoms. The minimum absolute atomic E-state index is 0.0282. The van der Waals surface area contributed by atoms with Gasteiger partial charge in [-0.05, 0) is 19.8 Å². The first-order valence-corrected chi connectivity index (χ1v) is 6.00. The number of hydrogen-bond donors (Lipinski definition) is 1. The molecule has 0 saturated carbocycles. The average molecular weight is 237 g/mol. The number of carbonyl (C=O) groups is 1. The van der Waals surface area contributed by atoms with E-state index in [1.165, 1.54) is 0 Å². The number of Topliss-reactive ketones (excluding diaryl/α,β-unsaturated/α-hetero) is 1. The smallest absolute Gasteiger partial charge is 0.182 e. The van der Waals surface area contributed by atoms with Crippen molar-refractivity contribution in [1.82, 2.24) is 9.78 Å². The Balaban J connectivity index is 2.29. The molecule has 2 N–H and O–H groups in total. The molecule has 1 fully saturated rings. The van der Waals surface area contributed by atoms with Crippen LogP contribution in [0.4, 0.5) is 0 Å². The molecular formula is C12H19N3O2. The Morgan fingerprint density at radius 2 is 2.24 bits per heavy atom. The van der Waals surface area contributed by atoms with Gasteiger partial charge in [-0.3, -0.25) is 9.48 Å². The van der Waals surface area contributed by atoms with Crippen molar-refractivity contribution >= 4 is 5.78 Å². The van der Waals surface area contributed by atoms with E-state index in [0.29, 0.717) is 11.5 Å². The van der Waals surface area contributed by atoms with Crippen LogP contribution in [0.1, 0.15) is 41.7 Å². The molecule has 1 atom stereocenters. The summed E-state index contributed by atoms with van der Waals surface area (Å²) in [6, 6.07) is -0.474. The van der Waals surface area contributed by atoms with Crippen molar-refractivity contribution in [3.63, 3.8) is 0 Å². The van der Waals surface area contributed by atoms with Crippen molar-refractivity contribution < 1.29 is 9.53 Å². The van der Waals surface area contributed by atoms with Crippen LogP contribution >= 0.6 is 0 Å². The third kappa shape index (κ3) is 2.56. The first-order chi connectivity index (χ1) is 8.09. The fourth-order valence-corrected chi connectivity index (χ4v) is 2.21. The lowest BCUT2D eigenvalue weighted by Gasteiger charge is -2.21. The summed E-state index contributed by atoms with van der Waals surface area (Å²) in [4.78, 5) is 12.0. The highest BCUT2D eigenvalue weighted by Gasteiger charge is 2.26. The van der Waals surface area contributed by atoms with Gasteiger partial charge in [-0.2, -0.15) is 5.10 Å². The number of nitrogens with two attached hydrogens (primary N) is 1. The summed E-state index contributed by atoms with van der Waals surface area (Å²) in [5.41, 5.74) is 7.23. The minimum Gasteiger partial charge on any atom is -0.381 e. The molecule has 0 aromatic carbocycles. The van der Waals surface area contributed by atoms with Crippen LogP contribution < -0.4 is 5.73 Å². The van der Waals surface area contributed by atoms with Gasteiger partial charge in [-0.1, -0.05) is 0 Å². The van der Waals surface area contributed by atoms with Crippen LogP contribution in [0.3, 0.4) is 0 Å². The Labute approximate surface area is 101 Å². The van der Waals surface area contributed by atoms with Crippen molar-refractivity contribution in [2.45, 2.75) is 31.7 Å². The molecule has 1 unspecified atom stereocenters. The molecule has 5 nitrogen and oxygen atoms in total.